The van der Waals surface area contributed by atoms with Crippen molar-refractivity contribution in [1.29, 1.82) is 0 Å². The van der Waals surface area contributed by atoms with Crippen LogP contribution in [0.4, 0.5) is 0 Å². The quantitative estimate of drug-likeness (QED) is 0.593. The van der Waals surface area contributed by atoms with Gasteiger partial charge >= 0.3 is 0 Å². The Morgan fingerprint density at radius 1 is 0.800 bits per heavy atom. The van der Waals surface area contributed by atoms with Gasteiger partial charge in [-0.1, -0.05) is 58.8 Å². The van der Waals surface area contributed by atoms with Gasteiger partial charge in [-0.3, -0.25) is 4.79 Å². The van der Waals surface area contributed by atoms with E-state index in [9.17, 15) is 4.79 Å². The Balaban J connectivity index is 0.000000262. The molecule has 0 aromatic rings. The molecular formula is C14H28O. The van der Waals surface area contributed by atoms with Crippen LogP contribution in [0, 0.1) is 0 Å². The summed E-state index contributed by atoms with van der Waals surface area (Å²) in [4.78, 5) is 10.5. The lowest BCUT2D eigenvalue weighted by atomic mass is 10.00. The first kappa shape index (κ1) is 14.7. The highest BCUT2D eigenvalue weighted by Gasteiger charge is 2.05. The first-order valence-corrected chi connectivity index (χ1v) is 6.83. The third-order valence-corrected chi connectivity index (χ3v) is 2.87. The summed E-state index contributed by atoms with van der Waals surface area (Å²) in [6.45, 7) is 4.51. The highest BCUT2D eigenvalue weighted by atomic mass is 16.1. The third-order valence-electron chi connectivity index (χ3n) is 2.87. The maximum Gasteiger partial charge on any atom is 0.132 e. The van der Waals surface area contributed by atoms with Gasteiger partial charge in [-0.15, -0.1) is 0 Å². The van der Waals surface area contributed by atoms with Crippen molar-refractivity contribution in [3.63, 3.8) is 0 Å². The fraction of sp³-hybridized carbons (Fsp3) is 0.929. The monoisotopic (exact) mass is 212 g/mol. The van der Waals surface area contributed by atoms with Crippen molar-refractivity contribution >= 4 is 5.78 Å². The lowest BCUT2D eigenvalue weighted by Crippen LogP contribution is -2.02. The number of carbonyl (C=O) groups is 1. The minimum Gasteiger partial charge on any atom is -0.300 e. The van der Waals surface area contributed by atoms with E-state index in [1.165, 1.54) is 44.9 Å². The van der Waals surface area contributed by atoms with Crippen molar-refractivity contribution in [2.75, 3.05) is 0 Å². The van der Waals surface area contributed by atoms with Crippen LogP contribution in [0.5, 0.6) is 0 Å². The smallest absolute Gasteiger partial charge is 0.132 e. The highest BCUT2D eigenvalue weighted by molar-refractivity contribution is 5.78. The standard InChI is InChI=1S/C8H18.C6H10O/c1-3-5-7-8-6-4-2;7-6-4-2-1-3-5-6/h3-8H2,1-2H3;1-5H2. The number of hydrogen-bond acceptors (Lipinski definition) is 1. The van der Waals surface area contributed by atoms with Gasteiger partial charge in [0.2, 0.25) is 0 Å². The molecule has 1 fully saturated rings. The van der Waals surface area contributed by atoms with Crippen LogP contribution in [0.2, 0.25) is 0 Å². The number of carbonyl (C=O) groups excluding carboxylic acids is 1. The zero-order chi connectivity index (χ0) is 11.4. The van der Waals surface area contributed by atoms with Gasteiger partial charge in [-0.25, -0.2) is 0 Å². The van der Waals surface area contributed by atoms with Crippen LogP contribution in [-0.2, 0) is 4.79 Å². The Bertz CT molecular complexity index is 126. The molecule has 1 rings (SSSR count). The van der Waals surface area contributed by atoms with Gasteiger partial charge in [0, 0.05) is 12.8 Å². The Kier molecular flexibility index (Phi) is 11.5. The maximum absolute atomic E-state index is 10.5. The predicted octanol–water partition coefficient (Wildman–Crippen LogP) is 4.89. The predicted molar refractivity (Wildman–Crippen MR) is 67.1 cm³/mol. The number of Topliss-reactive ketones (excluding diaryl/α,β-unsaturated/α-hetero) is 1. The number of hydrogen-bond donors (Lipinski definition) is 0. The molecule has 0 amide bonds. The van der Waals surface area contributed by atoms with Gasteiger partial charge in [-0.05, 0) is 12.8 Å². The average molecular weight is 212 g/mol. The molecule has 0 bridgehead atoms. The largest absolute Gasteiger partial charge is 0.300 e. The van der Waals surface area contributed by atoms with Crippen molar-refractivity contribution in [2.24, 2.45) is 0 Å². The Morgan fingerprint density at radius 3 is 1.53 bits per heavy atom. The SMILES string of the molecule is CCCCCCCC.O=C1CCCCC1. The molecule has 0 radical (unpaired) electrons. The summed E-state index contributed by atoms with van der Waals surface area (Å²) in [7, 11) is 0. The molecule has 15 heavy (non-hydrogen) atoms. The summed E-state index contributed by atoms with van der Waals surface area (Å²) in [6.07, 6.45) is 13.7. The third kappa shape index (κ3) is 11.6. The van der Waals surface area contributed by atoms with Gasteiger partial charge in [0.15, 0.2) is 0 Å². The highest BCUT2D eigenvalue weighted by Crippen LogP contribution is 2.12. The molecule has 1 aliphatic rings. The van der Waals surface area contributed by atoms with Gasteiger partial charge < -0.3 is 0 Å². The van der Waals surface area contributed by atoms with E-state index in [1.807, 2.05) is 0 Å². The van der Waals surface area contributed by atoms with Crippen molar-refractivity contribution in [1.82, 2.24) is 0 Å². The van der Waals surface area contributed by atoms with E-state index >= 15 is 0 Å². The second-order valence-corrected chi connectivity index (χ2v) is 4.51. The second kappa shape index (κ2) is 11.7. The molecule has 0 aliphatic heterocycles. The molecule has 1 saturated carbocycles. The molecule has 0 aromatic carbocycles. The van der Waals surface area contributed by atoms with Crippen LogP contribution in [0.25, 0.3) is 0 Å². The number of rotatable bonds is 5. The fourth-order valence-electron chi connectivity index (χ4n) is 1.80. The summed E-state index contributed by atoms with van der Waals surface area (Å²) in [5, 5.41) is 0. The van der Waals surface area contributed by atoms with Crippen LogP contribution < -0.4 is 0 Å². The average Bonchev–Trinajstić information content (AvgIpc) is 2.27. The summed E-state index contributed by atoms with van der Waals surface area (Å²) in [6, 6.07) is 0. The molecule has 0 unspecified atom stereocenters. The molecular weight excluding hydrogens is 184 g/mol. The summed E-state index contributed by atoms with van der Waals surface area (Å²) in [5.41, 5.74) is 0. The van der Waals surface area contributed by atoms with Gasteiger partial charge in [0.05, 0.1) is 0 Å². The van der Waals surface area contributed by atoms with Gasteiger partial charge in [-0.2, -0.15) is 0 Å². The fourth-order valence-corrected chi connectivity index (χ4v) is 1.80. The van der Waals surface area contributed by atoms with E-state index in [2.05, 4.69) is 13.8 Å². The Labute approximate surface area is 95.6 Å². The summed E-state index contributed by atoms with van der Waals surface area (Å²) < 4.78 is 0. The molecule has 0 atom stereocenters. The number of unbranched alkanes of at least 4 members (excludes halogenated alkanes) is 5. The first-order valence-electron chi connectivity index (χ1n) is 6.83. The van der Waals surface area contributed by atoms with Crippen LogP contribution in [0.15, 0.2) is 0 Å². The molecule has 0 N–H and O–H groups in total. The van der Waals surface area contributed by atoms with Crippen molar-refractivity contribution < 1.29 is 4.79 Å². The molecule has 0 spiro atoms. The molecule has 0 heterocycles. The maximum atomic E-state index is 10.5. The minimum atomic E-state index is 0.464. The van der Waals surface area contributed by atoms with Crippen LogP contribution >= 0.6 is 0 Å². The van der Waals surface area contributed by atoms with Crippen LogP contribution in [-0.4, -0.2) is 5.78 Å². The molecule has 1 nitrogen and oxygen atoms in total. The first-order chi connectivity index (χ1) is 7.31. The normalized spacial score (nSPS) is 15.7. The topological polar surface area (TPSA) is 17.1 Å². The summed E-state index contributed by atoms with van der Waals surface area (Å²) in [5.74, 6) is 0.464. The molecule has 1 aliphatic carbocycles. The molecule has 1 heteroatoms. The second-order valence-electron chi connectivity index (χ2n) is 4.51. The lowest BCUT2D eigenvalue weighted by Gasteiger charge is -2.05. The van der Waals surface area contributed by atoms with Crippen LogP contribution in [0.1, 0.15) is 84.5 Å². The Morgan fingerprint density at radius 2 is 1.27 bits per heavy atom. The Hall–Kier alpha value is -0.330. The van der Waals surface area contributed by atoms with Crippen molar-refractivity contribution in [3.8, 4) is 0 Å². The molecule has 0 aromatic heterocycles. The van der Waals surface area contributed by atoms with Crippen LogP contribution in [0.3, 0.4) is 0 Å². The van der Waals surface area contributed by atoms with E-state index in [1.54, 1.807) is 0 Å². The van der Waals surface area contributed by atoms with Crippen molar-refractivity contribution in [2.45, 2.75) is 84.5 Å². The molecule has 0 saturated heterocycles. The zero-order valence-corrected chi connectivity index (χ0v) is 10.7. The van der Waals surface area contributed by atoms with Gasteiger partial charge in [0.25, 0.3) is 0 Å². The number of ketones is 1. The van der Waals surface area contributed by atoms with E-state index < -0.39 is 0 Å². The van der Waals surface area contributed by atoms with E-state index in [4.69, 9.17) is 0 Å². The van der Waals surface area contributed by atoms with E-state index in [-0.39, 0.29) is 0 Å². The molecule has 90 valence electrons. The minimum absolute atomic E-state index is 0.464. The van der Waals surface area contributed by atoms with Gasteiger partial charge in [0.1, 0.15) is 5.78 Å². The van der Waals surface area contributed by atoms with E-state index in [0.29, 0.717) is 5.78 Å². The van der Waals surface area contributed by atoms with E-state index in [0.717, 1.165) is 25.7 Å². The van der Waals surface area contributed by atoms with Crippen molar-refractivity contribution in [3.05, 3.63) is 0 Å². The summed E-state index contributed by atoms with van der Waals surface area (Å²) >= 11 is 0. The zero-order valence-electron chi connectivity index (χ0n) is 10.7. The lowest BCUT2D eigenvalue weighted by molar-refractivity contribution is -0.120.